The first-order valence-electron chi connectivity index (χ1n) is 6.71. The van der Waals surface area contributed by atoms with E-state index >= 15 is 0 Å². The molecule has 2 rings (SSSR count). The van der Waals surface area contributed by atoms with E-state index in [1.165, 1.54) is 0 Å². The molecular weight excluding hydrogens is 336 g/mol. The average molecular weight is 353 g/mol. The molecule has 112 valence electrons. The molecule has 0 radical (unpaired) electrons. The van der Waals surface area contributed by atoms with E-state index in [1.807, 2.05) is 31.2 Å². The number of benzene rings is 1. The van der Waals surface area contributed by atoms with Gasteiger partial charge in [0, 0.05) is 10.2 Å². The van der Waals surface area contributed by atoms with Crippen LogP contribution in [0.3, 0.4) is 0 Å². The predicted molar refractivity (Wildman–Crippen MR) is 82.4 cm³/mol. The molecule has 6 heteroatoms. The van der Waals surface area contributed by atoms with Crippen LogP contribution in [-0.2, 0) is 9.53 Å². The van der Waals surface area contributed by atoms with Crippen LogP contribution in [0.5, 0.6) is 0 Å². The van der Waals surface area contributed by atoms with E-state index in [2.05, 4.69) is 33.1 Å². The van der Waals surface area contributed by atoms with Crippen LogP contribution in [0.2, 0.25) is 0 Å². The van der Waals surface area contributed by atoms with Crippen molar-refractivity contribution < 1.29 is 14.3 Å². The molecule has 1 aliphatic rings. The molecule has 1 aliphatic heterocycles. The number of rotatable bonds is 4. The third-order valence-corrected chi connectivity index (χ3v) is 3.73. The molecule has 2 amide bonds. The monoisotopic (exact) mass is 352 g/mol. The van der Waals surface area contributed by atoms with Gasteiger partial charge in [0.2, 0.25) is 0 Å². The molecule has 1 aromatic carbocycles. The molecule has 5 nitrogen and oxygen atoms in total. The van der Waals surface area contributed by atoms with Gasteiger partial charge in [-0.1, -0.05) is 41.6 Å². The molecule has 2 atom stereocenters. The number of ether oxygens (including phenoxy) is 1. The molecule has 0 unspecified atom stereocenters. The maximum absolute atomic E-state index is 12.2. The lowest BCUT2D eigenvalue weighted by atomic mass is 9.89. The summed E-state index contributed by atoms with van der Waals surface area (Å²) in [4.78, 5) is 23.9. The van der Waals surface area contributed by atoms with Gasteiger partial charge >= 0.3 is 12.0 Å². The Balaban J connectivity index is 2.28. The molecule has 1 heterocycles. The van der Waals surface area contributed by atoms with Crippen molar-refractivity contribution in [1.82, 2.24) is 10.6 Å². The zero-order valence-electron chi connectivity index (χ0n) is 11.7. The maximum Gasteiger partial charge on any atom is 0.319 e. The molecule has 0 aromatic heterocycles. The number of halogens is 1. The zero-order valence-corrected chi connectivity index (χ0v) is 13.3. The van der Waals surface area contributed by atoms with Crippen molar-refractivity contribution in [3.63, 3.8) is 0 Å². The van der Waals surface area contributed by atoms with E-state index in [1.54, 1.807) is 0 Å². The van der Waals surface area contributed by atoms with Crippen molar-refractivity contribution >= 4 is 27.9 Å². The smallest absolute Gasteiger partial charge is 0.319 e. The van der Waals surface area contributed by atoms with Crippen LogP contribution in [0.25, 0.3) is 0 Å². The topological polar surface area (TPSA) is 67.4 Å². The summed E-state index contributed by atoms with van der Waals surface area (Å²) >= 11 is 3.36. The fraction of sp³-hybridized carbons (Fsp3) is 0.333. The fourth-order valence-electron chi connectivity index (χ4n) is 2.20. The first kappa shape index (κ1) is 15.6. The molecule has 0 spiro atoms. The van der Waals surface area contributed by atoms with Crippen LogP contribution in [-0.4, -0.2) is 18.6 Å². The Morgan fingerprint density at radius 3 is 2.67 bits per heavy atom. The highest BCUT2D eigenvalue weighted by molar-refractivity contribution is 9.10. The summed E-state index contributed by atoms with van der Waals surface area (Å²) in [5, 5.41) is 5.31. The Bertz CT molecular complexity index is 557. The first-order chi connectivity index (χ1) is 10.0. The largest absolute Gasteiger partial charge is 0.465 e. The molecule has 1 saturated heterocycles. The Morgan fingerprint density at radius 2 is 2.05 bits per heavy atom. The number of carbonyl (C=O) groups excluding carboxylic acids is 2. The fourth-order valence-corrected chi connectivity index (χ4v) is 2.47. The normalized spacial score (nSPS) is 21.4. The van der Waals surface area contributed by atoms with Crippen molar-refractivity contribution in [2.45, 2.75) is 19.4 Å². The van der Waals surface area contributed by atoms with E-state index in [4.69, 9.17) is 4.74 Å². The maximum atomic E-state index is 12.2. The number of carbonyl (C=O) groups is 2. The number of amides is 2. The van der Waals surface area contributed by atoms with Gasteiger partial charge in [0.1, 0.15) is 5.92 Å². The number of esters is 1. The second-order valence-electron chi connectivity index (χ2n) is 4.80. The lowest BCUT2D eigenvalue weighted by Crippen LogP contribution is -2.51. The van der Waals surface area contributed by atoms with E-state index < -0.39 is 12.0 Å². The number of nitrogens with one attached hydrogen (secondary N) is 2. The summed E-state index contributed by atoms with van der Waals surface area (Å²) in [6.45, 7) is 6.06. The Hall–Kier alpha value is -1.82. The van der Waals surface area contributed by atoms with E-state index in [9.17, 15) is 9.59 Å². The highest BCUT2D eigenvalue weighted by atomic mass is 79.9. The standard InChI is InChI=1S/C15H17BrN2O3/c1-3-8-21-14(19)12-9(2)17-15(20)18-13(12)10-4-6-11(16)7-5-10/h4-7,12-13H,2-3,8H2,1H3,(H2,17,18,20)/t12-,13+/m1/s1. The minimum absolute atomic E-state index is 0.351. The molecule has 2 N–H and O–H groups in total. The van der Waals surface area contributed by atoms with Gasteiger partial charge in [-0.05, 0) is 24.1 Å². The molecule has 0 saturated carbocycles. The highest BCUT2D eigenvalue weighted by Gasteiger charge is 2.38. The molecular formula is C15H17BrN2O3. The van der Waals surface area contributed by atoms with E-state index in [0.717, 1.165) is 16.5 Å². The number of urea groups is 1. The number of hydrogen-bond donors (Lipinski definition) is 2. The van der Waals surface area contributed by atoms with Gasteiger partial charge < -0.3 is 15.4 Å². The number of hydrogen-bond acceptors (Lipinski definition) is 3. The van der Waals surface area contributed by atoms with E-state index in [0.29, 0.717) is 12.3 Å². The Morgan fingerprint density at radius 1 is 1.38 bits per heavy atom. The minimum atomic E-state index is -0.643. The lowest BCUT2D eigenvalue weighted by Gasteiger charge is -2.33. The summed E-state index contributed by atoms with van der Waals surface area (Å²) in [6.07, 6.45) is 0.744. The van der Waals surface area contributed by atoms with Crippen LogP contribution in [0.15, 0.2) is 41.0 Å². The van der Waals surface area contributed by atoms with Crippen molar-refractivity contribution in [3.8, 4) is 0 Å². The molecule has 21 heavy (non-hydrogen) atoms. The predicted octanol–water partition coefficient (Wildman–Crippen LogP) is 2.89. The van der Waals surface area contributed by atoms with Crippen LogP contribution < -0.4 is 10.6 Å². The van der Waals surface area contributed by atoms with Crippen LogP contribution in [0.4, 0.5) is 4.79 Å². The SMILES string of the molecule is C=C1NC(=O)N[C@@H](c2ccc(Br)cc2)[C@@H]1C(=O)OCCC. The average Bonchev–Trinajstić information content (AvgIpc) is 2.44. The lowest BCUT2D eigenvalue weighted by molar-refractivity contribution is -0.148. The van der Waals surface area contributed by atoms with Gasteiger partial charge in [-0.2, -0.15) is 0 Å². The van der Waals surface area contributed by atoms with Crippen molar-refractivity contribution in [2.75, 3.05) is 6.61 Å². The van der Waals surface area contributed by atoms with Gasteiger partial charge in [-0.3, -0.25) is 4.79 Å². The van der Waals surface area contributed by atoms with Gasteiger partial charge in [0.15, 0.2) is 0 Å². The summed E-state index contributed by atoms with van der Waals surface area (Å²) in [5.41, 5.74) is 1.18. The van der Waals surface area contributed by atoms with Crippen molar-refractivity contribution in [1.29, 1.82) is 0 Å². The minimum Gasteiger partial charge on any atom is -0.465 e. The highest BCUT2D eigenvalue weighted by Crippen LogP contribution is 2.31. The Labute approximate surface area is 131 Å². The summed E-state index contributed by atoms with van der Waals surface area (Å²) in [7, 11) is 0. The second kappa shape index (κ2) is 6.76. The second-order valence-corrected chi connectivity index (χ2v) is 5.71. The quantitative estimate of drug-likeness (QED) is 0.818. The van der Waals surface area contributed by atoms with Gasteiger partial charge in [-0.15, -0.1) is 0 Å². The molecule has 1 aromatic rings. The summed E-state index contributed by atoms with van der Waals surface area (Å²) in [6, 6.07) is 6.58. The van der Waals surface area contributed by atoms with Crippen LogP contribution in [0, 0.1) is 5.92 Å². The zero-order chi connectivity index (χ0) is 15.4. The van der Waals surface area contributed by atoms with Crippen molar-refractivity contribution in [3.05, 3.63) is 46.6 Å². The molecule has 0 aliphatic carbocycles. The van der Waals surface area contributed by atoms with Gasteiger partial charge in [0.25, 0.3) is 0 Å². The van der Waals surface area contributed by atoms with Crippen LogP contribution >= 0.6 is 15.9 Å². The van der Waals surface area contributed by atoms with Gasteiger partial charge in [0.05, 0.1) is 12.6 Å². The molecule has 1 fully saturated rings. The first-order valence-corrected chi connectivity index (χ1v) is 7.50. The van der Waals surface area contributed by atoms with Crippen molar-refractivity contribution in [2.24, 2.45) is 5.92 Å². The third kappa shape index (κ3) is 3.64. The summed E-state index contributed by atoms with van der Waals surface area (Å²) < 4.78 is 6.14. The van der Waals surface area contributed by atoms with Crippen LogP contribution in [0.1, 0.15) is 24.9 Å². The Kier molecular flexibility index (Phi) is 5.01. The van der Waals surface area contributed by atoms with E-state index in [-0.39, 0.29) is 12.0 Å². The van der Waals surface area contributed by atoms with Gasteiger partial charge in [-0.25, -0.2) is 4.79 Å². The third-order valence-electron chi connectivity index (χ3n) is 3.20. The summed E-state index contributed by atoms with van der Waals surface area (Å²) in [5.74, 6) is -1.03. The molecule has 0 bridgehead atoms.